The van der Waals surface area contributed by atoms with Crippen molar-refractivity contribution in [3.63, 3.8) is 0 Å². The first-order valence-corrected chi connectivity index (χ1v) is 7.57. The molecule has 2 rings (SSSR count). The molecule has 2 N–H and O–H groups in total. The molecule has 1 saturated heterocycles. The van der Waals surface area contributed by atoms with Crippen LogP contribution in [-0.2, 0) is 16.1 Å². The van der Waals surface area contributed by atoms with E-state index >= 15 is 0 Å². The van der Waals surface area contributed by atoms with Crippen molar-refractivity contribution >= 4 is 11.8 Å². The number of amides is 2. The Bertz CT molecular complexity index is 569. The minimum atomic E-state index is -0.640. The predicted octanol–water partition coefficient (Wildman–Crippen LogP) is 0.708. The van der Waals surface area contributed by atoms with Gasteiger partial charge in [-0.3, -0.25) is 14.3 Å². The van der Waals surface area contributed by atoms with Crippen LogP contribution in [0.5, 0.6) is 0 Å². The molecule has 1 atom stereocenters. The fourth-order valence-electron chi connectivity index (χ4n) is 3.27. The quantitative estimate of drug-likeness (QED) is 0.838. The molecule has 1 aromatic heterocycles. The molecule has 0 aromatic carbocycles. The van der Waals surface area contributed by atoms with Crippen LogP contribution in [0.2, 0.25) is 0 Å². The third-order valence-electron chi connectivity index (χ3n) is 4.26. The molecule has 0 bridgehead atoms. The van der Waals surface area contributed by atoms with Gasteiger partial charge in [0, 0.05) is 26.4 Å². The molecule has 2 amide bonds. The van der Waals surface area contributed by atoms with Gasteiger partial charge in [-0.05, 0) is 26.7 Å². The van der Waals surface area contributed by atoms with Crippen LogP contribution in [0.1, 0.15) is 42.2 Å². The van der Waals surface area contributed by atoms with Crippen LogP contribution in [0.25, 0.3) is 0 Å². The van der Waals surface area contributed by atoms with Crippen LogP contribution >= 0.6 is 0 Å². The molecule has 7 heteroatoms. The molecule has 122 valence electrons. The van der Waals surface area contributed by atoms with E-state index in [-0.39, 0.29) is 12.3 Å². The molecular weight excluding hydrogens is 284 g/mol. The Balaban J connectivity index is 2.33. The maximum Gasteiger partial charge on any atom is 0.257 e. The Morgan fingerprint density at radius 3 is 2.77 bits per heavy atom. The molecule has 2 heterocycles. The summed E-state index contributed by atoms with van der Waals surface area (Å²) in [5, 5.41) is 4.32. The molecule has 1 aliphatic heterocycles. The Morgan fingerprint density at radius 2 is 2.23 bits per heavy atom. The molecule has 1 aliphatic rings. The maximum atomic E-state index is 12.9. The lowest BCUT2D eigenvalue weighted by atomic mass is 9.92. The first kappa shape index (κ1) is 16.5. The molecule has 0 unspecified atom stereocenters. The highest BCUT2D eigenvalue weighted by atomic mass is 16.5. The van der Waals surface area contributed by atoms with Crippen LogP contribution in [0, 0.1) is 6.92 Å². The minimum Gasteiger partial charge on any atom is -0.382 e. The molecule has 0 spiro atoms. The van der Waals surface area contributed by atoms with E-state index in [0.29, 0.717) is 31.0 Å². The fraction of sp³-hybridized carbons (Fsp3) is 0.667. The predicted molar refractivity (Wildman–Crippen MR) is 81.3 cm³/mol. The number of aryl methyl sites for hydroxylation is 2. The number of methoxy groups -OCH3 is 1. The molecule has 1 aromatic rings. The van der Waals surface area contributed by atoms with E-state index in [1.54, 1.807) is 22.9 Å². The second-order valence-electron chi connectivity index (χ2n) is 5.84. The first-order valence-electron chi connectivity index (χ1n) is 7.57. The van der Waals surface area contributed by atoms with Gasteiger partial charge < -0.3 is 15.4 Å². The fourth-order valence-corrected chi connectivity index (χ4v) is 3.27. The van der Waals surface area contributed by atoms with Gasteiger partial charge >= 0.3 is 0 Å². The first-order chi connectivity index (χ1) is 10.4. The van der Waals surface area contributed by atoms with Crippen LogP contribution in [0.15, 0.2) is 6.20 Å². The molecule has 1 fully saturated rings. The number of hydrogen-bond donors (Lipinski definition) is 1. The zero-order chi connectivity index (χ0) is 16.3. The highest BCUT2D eigenvalue weighted by Crippen LogP contribution is 2.34. The summed E-state index contributed by atoms with van der Waals surface area (Å²) >= 11 is 0. The molecule has 7 nitrogen and oxygen atoms in total. The van der Waals surface area contributed by atoms with Crippen LogP contribution in [-0.4, -0.2) is 52.3 Å². The van der Waals surface area contributed by atoms with E-state index in [1.165, 1.54) is 0 Å². The summed E-state index contributed by atoms with van der Waals surface area (Å²) in [6, 6.07) is 0. The molecule has 0 aliphatic carbocycles. The van der Waals surface area contributed by atoms with Crippen LogP contribution < -0.4 is 5.73 Å². The molecular formula is C15H24N4O3. The highest BCUT2D eigenvalue weighted by molar-refractivity contribution is 5.96. The standard InChI is InChI=1S/C15H24N4O3/c1-4-18-9-12(11(2)17-18)14(21)19-7-5-6-15(19,10-22-3)8-13(16)20/h9H,4-8,10H2,1-3H3,(H2,16,20)/t15-/m0/s1. The van der Waals surface area contributed by atoms with E-state index in [9.17, 15) is 9.59 Å². The van der Waals surface area contributed by atoms with E-state index in [2.05, 4.69) is 5.10 Å². The number of carbonyl (C=O) groups excluding carboxylic acids is 2. The lowest BCUT2D eigenvalue weighted by Gasteiger charge is -2.37. The third-order valence-corrected chi connectivity index (χ3v) is 4.26. The van der Waals surface area contributed by atoms with Gasteiger partial charge in [0.05, 0.1) is 29.8 Å². The summed E-state index contributed by atoms with van der Waals surface area (Å²) in [4.78, 5) is 26.1. The van der Waals surface area contributed by atoms with Crippen molar-refractivity contribution in [3.8, 4) is 0 Å². The van der Waals surface area contributed by atoms with Crippen molar-refractivity contribution in [1.82, 2.24) is 14.7 Å². The summed E-state index contributed by atoms with van der Waals surface area (Å²) in [6.45, 7) is 5.41. The minimum absolute atomic E-state index is 0.104. The Labute approximate surface area is 130 Å². The van der Waals surface area contributed by atoms with Gasteiger partial charge in [-0.15, -0.1) is 0 Å². The smallest absolute Gasteiger partial charge is 0.257 e. The van der Waals surface area contributed by atoms with Crippen LogP contribution in [0.3, 0.4) is 0 Å². The highest BCUT2D eigenvalue weighted by Gasteiger charge is 2.45. The summed E-state index contributed by atoms with van der Waals surface area (Å²) in [5.41, 5.74) is 6.03. The number of primary amides is 1. The maximum absolute atomic E-state index is 12.9. The molecule has 0 radical (unpaired) electrons. The lowest BCUT2D eigenvalue weighted by Crippen LogP contribution is -2.52. The number of aromatic nitrogens is 2. The van der Waals surface area contributed by atoms with E-state index < -0.39 is 11.4 Å². The number of carbonyl (C=O) groups is 2. The largest absolute Gasteiger partial charge is 0.382 e. The van der Waals surface area contributed by atoms with Crippen molar-refractivity contribution in [1.29, 1.82) is 0 Å². The zero-order valence-electron chi connectivity index (χ0n) is 13.5. The van der Waals surface area contributed by atoms with Gasteiger partial charge in [-0.25, -0.2) is 0 Å². The van der Waals surface area contributed by atoms with E-state index in [1.807, 2.05) is 13.8 Å². The van der Waals surface area contributed by atoms with Crippen molar-refractivity contribution in [2.24, 2.45) is 5.73 Å². The van der Waals surface area contributed by atoms with Crippen molar-refractivity contribution < 1.29 is 14.3 Å². The van der Waals surface area contributed by atoms with Gasteiger partial charge in [0.25, 0.3) is 5.91 Å². The van der Waals surface area contributed by atoms with Crippen molar-refractivity contribution in [2.75, 3.05) is 20.3 Å². The summed E-state index contributed by atoms with van der Waals surface area (Å²) in [6.07, 6.45) is 3.44. The number of hydrogen-bond acceptors (Lipinski definition) is 4. The monoisotopic (exact) mass is 308 g/mol. The molecule has 22 heavy (non-hydrogen) atoms. The zero-order valence-corrected chi connectivity index (χ0v) is 13.5. The number of ether oxygens (including phenoxy) is 1. The number of nitrogens with two attached hydrogens (primary N) is 1. The van der Waals surface area contributed by atoms with Crippen molar-refractivity contribution in [2.45, 2.75) is 45.2 Å². The SMILES string of the molecule is CCn1cc(C(=O)N2CCC[C@@]2(COC)CC(N)=O)c(C)n1. The Morgan fingerprint density at radius 1 is 1.50 bits per heavy atom. The summed E-state index contributed by atoms with van der Waals surface area (Å²) in [7, 11) is 1.57. The lowest BCUT2D eigenvalue weighted by molar-refractivity contribution is -0.121. The van der Waals surface area contributed by atoms with Gasteiger partial charge in [0.2, 0.25) is 5.91 Å². The van der Waals surface area contributed by atoms with Crippen molar-refractivity contribution in [3.05, 3.63) is 17.5 Å². The van der Waals surface area contributed by atoms with Gasteiger partial charge in [-0.1, -0.05) is 0 Å². The molecule has 0 saturated carbocycles. The second-order valence-corrected chi connectivity index (χ2v) is 5.84. The number of rotatable bonds is 6. The van der Waals surface area contributed by atoms with Crippen LogP contribution in [0.4, 0.5) is 0 Å². The third kappa shape index (κ3) is 2.99. The van der Waals surface area contributed by atoms with Gasteiger partial charge in [0.1, 0.15) is 0 Å². The Kier molecular flexibility index (Phi) is 4.85. The topological polar surface area (TPSA) is 90.5 Å². The van der Waals surface area contributed by atoms with Gasteiger partial charge in [0.15, 0.2) is 0 Å². The average molecular weight is 308 g/mol. The second kappa shape index (κ2) is 6.48. The normalized spacial score (nSPS) is 21.3. The van der Waals surface area contributed by atoms with E-state index in [0.717, 1.165) is 12.8 Å². The van der Waals surface area contributed by atoms with E-state index in [4.69, 9.17) is 10.5 Å². The number of likely N-dealkylation sites (tertiary alicyclic amines) is 1. The van der Waals surface area contributed by atoms with Gasteiger partial charge in [-0.2, -0.15) is 5.10 Å². The number of nitrogens with zero attached hydrogens (tertiary/aromatic N) is 3. The summed E-state index contributed by atoms with van der Waals surface area (Å²) in [5.74, 6) is -0.522. The average Bonchev–Trinajstić information content (AvgIpc) is 3.02. The Hall–Kier alpha value is -1.89. The summed E-state index contributed by atoms with van der Waals surface area (Å²) < 4.78 is 7.02.